The van der Waals surface area contributed by atoms with E-state index in [1.807, 2.05) is 31.2 Å². The Balaban J connectivity index is 2.75. The Kier molecular flexibility index (Phi) is 5.99. The van der Waals surface area contributed by atoms with E-state index in [0.717, 1.165) is 5.56 Å². The minimum atomic E-state index is -0.0385. The zero-order valence-corrected chi connectivity index (χ0v) is 12.5. The highest BCUT2D eigenvalue weighted by Gasteiger charge is 2.19. The molecule has 0 saturated heterocycles. The van der Waals surface area contributed by atoms with Crippen LogP contribution in [0.1, 0.15) is 17.7 Å². The Morgan fingerprint density at radius 1 is 1.50 bits per heavy atom. The fourth-order valence-electron chi connectivity index (χ4n) is 1.53. The van der Waals surface area contributed by atoms with Crippen molar-refractivity contribution in [2.24, 2.45) is 5.73 Å². The van der Waals surface area contributed by atoms with E-state index in [2.05, 4.69) is 0 Å². The number of thioether (sulfide) groups is 1. The summed E-state index contributed by atoms with van der Waals surface area (Å²) >= 11 is 7.53. The van der Waals surface area contributed by atoms with Crippen LogP contribution in [0, 0.1) is 0 Å². The molecule has 0 aliphatic carbocycles. The molecule has 0 fully saturated rings. The first-order valence-corrected chi connectivity index (χ1v) is 7.17. The van der Waals surface area contributed by atoms with Crippen LogP contribution in [0.2, 0.25) is 5.02 Å². The number of carbonyl (C=O) groups is 1. The zero-order chi connectivity index (χ0) is 13.7. The molecule has 0 saturated carbocycles. The van der Waals surface area contributed by atoms with E-state index in [4.69, 9.17) is 17.3 Å². The van der Waals surface area contributed by atoms with Gasteiger partial charge in [0.15, 0.2) is 0 Å². The van der Waals surface area contributed by atoms with Crippen LogP contribution in [0.5, 0.6) is 0 Å². The number of rotatable bonds is 5. The highest BCUT2D eigenvalue weighted by molar-refractivity contribution is 8.00. The molecule has 0 aliphatic heterocycles. The van der Waals surface area contributed by atoms with E-state index >= 15 is 0 Å². The number of amides is 1. The second kappa shape index (κ2) is 7.02. The molecule has 5 heteroatoms. The number of hydrogen-bond acceptors (Lipinski definition) is 3. The molecule has 2 unspecified atom stereocenters. The summed E-state index contributed by atoms with van der Waals surface area (Å²) in [6.07, 6.45) is 0. The van der Waals surface area contributed by atoms with Gasteiger partial charge in [-0.2, -0.15) is 0 Å². The molecule has 2 atom stereocenters. The van der Waals surface area contributed by atoms with Gasteiger partial charge in [-0.25, -0.2) is 0 Å². The van der Waals surface area contributed by atoms with Crippen LogP contribution in [-0.2, 0) is 4.79 Å². The van der Waals surface area contributed by atoms with Crippen LogP contribution in [0.15, 0.2) is 24.3 Å². The molecule has 0 aliphatic rings. The van der Waals surface area contributed by atoms with Crippen molar-refractivity contribution in [2.75, 3.05) is 19.8 Å². The fourth-order valence-corrected chi connectivity index (χ4v) is 2.95. The van der Waals surface area contributed by atoms with Crippen molar-refractivity contribution < 1.29 is 4.79 Å². The van der Waals surface area contributed by atoms with Crippen molar-refractivity contribution in [1.82, 2.24) is 4.90 Å². The summed E-state index contributed by atoms with van der Waals surface area (Å²) in [5.74, 6) is 0.513. The Bertz CT molecular complexity index is 410. The summed E-state index contributed by atoms with van der Waals surface area (Å²) in [6, 6.07) is 7.60. The molecular formula is C13H19ClN2OS. The summed E-state index contributed by atoms with van der Waals surface area (Å²) in [5, 5.41) is 0.769. The van der Waals surface area contributed by atoms with Gasteiger partial charge in [0.25, 0.3) is 0 Å². The van der Waals surface area contributed by atoms with E-state index in [0.29, 0.717) is 10.8 Å². The third-order valence-electron chi connectivity index (χ3n) is 2.54. The van der Waals surface area contributed by atoms with E-state index in [1.54, 1.807) is 30.8 Å². The Hall–Kier alpha value is -0.710. The van der Waals surface area contributed by atoms with Gasteiger partial charge in [-0.1, -0.05) is 23.7 Å². The second-order valence-electron chi connectivity index (χ2n) is 4.43. The highest BCUT2D eigenvalue weighted by Crippen LogP contribution is 2.32. The van der Waals surface area contributed by atoms with Gasteiger partial charge in [0.05, 0.1) is 5.75 Å². The van der Waals surface area contributed by atoms with Gasteiger partial charge in [0, 0.05) is 30.4 Å². The standard InChI is InChI=1S/C13H19ClN2OS/c1-9(15)13(18-8-12(17)16(2)3)10-5-4-6-11(14)7-10/h4-7,9,13H,8,15H2,1-3H3. The highest BCUT2D eigenvalue weighted by atomic mass is 35.5. The van der Waals surface area contributed by atoms with E-state index < -0.39 is 0 Å². The molecule has 1 aromatic rings. The van der Waals surface area contributed by atoms with Crippen molar-refractivity contribution in [3.8, 4) is 0 Å². The largest absolute Gasteiger partial charge is 0.348 e. The lowest BCUT2D eigenvalue weighted by molar-refractivity contribution is -0.125. The first kappa shape index (κ1) is 15.3. The van der Waals surface area contributed by atoms with Gasteiger partial charge in [0.2, 0.25) is 5.91 Å². The number of halogens is 1. The Morgan fingerprint density at radius 3 is 2.67 bits per heavy atom. The minimum Gasteiger partial charge on any atom is -0.348 e. The lowest BCUT2D eigenvalue weighted by Gasteiger charge is -2.21. The van der Waals surface area contributed by atoms with Crippen LogP contribution in [0.25, 0.3) is 0 Å². The van der Waals surface area contributed by atoms with Crippen molar-refractivity contribution in [3.63, 3.8) is 0 Å². The monoisotopic (exact) mass is 286 g/mol. The van der Waals surface area contributed by atoms with Gasteiger partial charge in [-0.05, 0) is 24.6 Å². The fraction of sp³-hybridized carbons (Fsp3) is 0.462. The third kappa shape index (κ3) is 4.52. The molecule has 1 rings (SSSR count). The molecule has 3 nitrogen and oxygen atoms in total. The second-order valence-corrected chi connectivity index (χ2v) is 6.00. The van der Waals surface area contributed by atoms with Crippen molar-refractivity contribution in [1.29, 1.82) is 0 Å². The molecule has 0 heterocycles. The maximum Gasteiger partial charge on any atom is 0.232 e. The maximum atomic E-state index is 11.6. The van der Waals surface area contributed by atoms with Crippen LogP contribution in [0.4, 0.5) is 0 Å². The van der Waals surface area contributed by atoms with Gasteiger partial charge in [-0.3, -0.25) is 4.79 Å². The molecule has 1 amide bonds. The zero-order valence-electron chi connectivity index (χ0n) is 10.9. The van der Waals surface area contributed by atoms with E-state index in [9.17, 15) is 4.79 Å². The molecule has 2 N–H and O–H groups in total. The average Bonchev–Trinajstić information content (AvgIpc) is 2.28. The minimum absolute atomic E-state index is 0.0385. The first-order chi connectivity index (χ1) is 8.41. The normalized spacial score (nSPS) is 14.1. The molecular weight excluding hydrogens is 268 g/mol. The van der Waals surface area contributed by atoms with E-state index in [-0.39, 0.29) is 17.2 Å². The van der Waals surface area contributed by atoms with Gasteiger partial charge in [-0.15, -0.1) is 11.8 Å². The lowest BCUT2D eigenvalue weighted by atomic mass is 10.1. The van der Waals surface area contributed by atoms with Crippen molar-refractivity contribution >= 4 is 29.3 Å². The van der Waals surface area contributed by atoms with Gasteiger partial charge < -0.3 is 10.6 Å². The van der Waals surface area contributed by atoms with Crippen LogP contribution >= 0.6 is 23.4 Å². The summed E-state index contributed by atoms with van der Waals surface area (Å²) in [7, 11) is 3.51. The quantitative estimate of drug-likeness (QED) is 0.905. The molecule has 0 spiro atoms. The third-order valence-corrected chi connectivity index (χ3v) is 4.25. The van der Waals surface area contributed by atoms with Crippen LogP contribution < -0.4 is 5.73 Å². The molecule has 0 aromatic heterocycles. The number of hydrogen-bond donors (Lipinski definition) is 1. The van der Waals surface area contributed by atoms with Crippen molar-refractivity contribution in [3.05, 3.63) is 34.9 Å². The lowest BCUT2D eigenvalue weighted by Crippen LogP contribution is -2.27. The summed E-state index contributed by atoms with van der Waals surface area (Å²) in [4.78, 5) is 13.2. The van der Waals surface area contributed by atoms with Gasteiger partial charge >= 0.3 is 0 Å². The molecule has 1 aromatic carbocycles. The number of nitrogens with zero attached hydrogens (tertiary/aromatic N) is 1. The number of carbonyl (C=O) groups excluding carboxylic acids is 1. The predicted octanol–water partition coefficient (Wildman–Crippen LogP) is 2.55. The number of nitrogens with two attached hydrogens (primary N) is 1. The SMILES string of the molecule is CC(N)C(SCC(=O)N(C)C)c1cccc(Cl)c1. The Morgan fingerprint density at radius 2 is 2.17 bits per heavy atom. The van der Waals surface area contributed by atoms with Gasteiger partial charge in [0.1, 0.15) is 0 Å². The first-order valence-electron chi connectivity index (χ1n) is 5.74. The van der Waals surface area contributed by atoms with Crippen LogP contribution in [0.3, 0.4) is 0 Å². The van der Waals surface area contributed by atoms with E-state index in [1.165, 1.54) is 0 Å². The van der Waals surface area contributed by atoms with Crippen molar-refractivity contribution in [2.45, 2.75) is 18.2 Å². The summed E-state index contributed by atoms with van der Waals surface area (Å²) in [6.45, 7) is 1.94. The number of benzene rings is 1. The topological polar surface area (TPSA) is 46.3 Å². The maximum absolute atomic E-state index is 11.6. The Labute approximate surface area is 118 Å². The van der Waals surface area contributed by atoms with Crippen LogP contribution in [-0.4, -0.2) is 36.7 Å². The summed E-state index contributed by atoms with van der Waals surface area (Å²) in [5.41, 5.74) is 7.06. The molecule has 0 radical (unpaired) electrons. The molecule has 100 valence electrons. The summed E-state index contributed by atoms with van der Waals surface area (Å²) < 4.78 is 0. The molecule has 18 heavy (non-hydrogen) atoms. The molecule has 0 bridgehead atoms. The smallest absolute Gasteiger partial charge is 0.232 e. The predicted molar refractivity (Wildman–Crippen MR) is 79.0 cm³/mol. The average molecular weight is 287 g/mol.